The zero-order valence-corrected chi connectivity index (χ0v) is 15.8. The zero-order valence-electron chi connectivity index (χ0n) is 15.0. The summed E-state index contributed by atoms with van der Waals surface area (Å²) in [5.41, 5.74) is 0.674. The second kappa shape index (κ2) is 7.73. The van der Waals surface area contributed by atoms with E-state index in [-0.39, 0.29) is 35.4 Å². The lowest BCUT2D eigenvalue weighted by molar-refractivity contribution is 0.0708. The van der Waals surface area contributed by atoms with Gasteiger partial charge in [0.25, 0.3) is 11.8 Å². The predicted molar refractivity (Wildman–Crippen MR) is 97.7 cm³/mol. The van der Waals surface area contributed by atoms with E-state index in [4.69, 9.17) is 0 Å². The zero-order chi connectivity index (χ0) is 18.7. The molecule has 2 aliphatic rings. The molecule has 1 aromatic heterocycles. The molecule has 0 spiro atoms. The van der Waals surface area contributed by atoms with Crippen molar-refractivity contribution in [1.82, 2.24) is 15.2 Å². The molecule has 1 N–H and O–H groups in total. The van der Waals surface area contributed by atoms with Gasteiger partial charge in [-0.2, -0.15) is 0 Å². The van der Waals surface area contributed by atoms with Crippen LogP contribution in [0.2, 0.25) is 0 Å². The Morgan fingerprint density at radius 3 is 2.50 bits per heavy atom. The second-order valence-corrected chi connectivity index (χ2v) is 9.29. The number of carbonyl (C=O) groups excluding carboxylic acids is 2. The summed E-state index contributed by atoms with van der Waals surface area (Å²) < 4.78 is 23.5. The van der Waals surface area contributed by atoms with Crippen molar-refractivity contribution in [3.8, 4) is 0 Å². The van der Waals surface area contributed by atoms with Crippen molar-refractivity contribution in [3.05, 3.63) is 29.6 Å². The van der Waals surface area contributed by atoms with Gasteiger partial charge in [0.2, 0.25) is 0 Å². The minimum absolute atomic E-state index is 0.00185. The summed E-state index contributed by atoms with van der Waals surface area (Å²) in [5.74, 6) is -0.381. The average Bonchev–Trinajstić information content (AvgIpc) is 3.25. The fraction of sp³-hybridized carbons (Fsp3) is 0.611. The molecule has 1 atom stereocenters. The first-order chi connectivity index (χ1) is 12.4. The summed E-state index contributed by atoms with van der Waals surface area (Å²) in [7, 11) is -3.07. The molecule has 7 nitrogen and oxygen atoms in total. The van der Waals surface area contributed by atoms with Gasteiger partial charge in [0, 0.05) is 31.0 Å². The largest absolute Gasteiger partial charge is 0.349 e. The lowest BCUT2D eigenvalue weighted by Crippen LogP contribution is -2.41. The maximum absolute atomic E-state index is 12.9. The third-order valence-electron chi connectivity index (χ3n) is 5.19. The Morgan fingerprint density at radius 1 is 1.19 bits per heavy atom. The summed E-state index contributed by atoms with van der Waals surface area (Å²) in [4.78, 5) is 30.9. The van der Waals surface area contributed by atoms with Crippen molar-refractivity contribution in [2.45, 2.75) is 51.1 Å². The third kappa shape index (κ3) is 4.23. The molecule has 2 heterocycles. The number of pyridine rings is 1. The SMILES string of the molecule is CCN(C(=O)c1cncc(C(=O)NC2CCCC2)c1)C1CCS(=O)(=O)C1. The highest BCUT2D eigenvalue weighted by molar-refractivity contribution is 7.91. The molecule has 1 unspecified atom stereocenters. The van der Waals surface area contributed by atoms with Gasteiger partial charge < -0.3 is 10.2 Å². The molecule has 2 amide bonds. The quantitative estimate of drug-likeness (QED) is 0.834. The van der Waals surface area contributed by atoms with Crippen LogP contribution in [0.15, 0.2) is 18.5 Å². The van der Waals surface area contributed by atoms with Gasteiger partial charge in [-0.3, -0.25) is 14.6 Å². The molecule has 0 radical (unpaired) electrons. The molecular weight excluding hydrogens is 354 g/mol. The Balaban J connectivity index is 1.73. The van der Waals surface area contributed by atoms with Crippen LogP contribution in [-0.2, 0) is 9.84 Å². The van der Waals surface area contributed by atoms with Crippen LogP contribution in [0.1, 0.15) is 59.7 Å². The molecule has 1 aliphatic carbocycles. The molecule has 0 bridgehead atoms. The highest BCUT2D eigenvalue weighted by atomic mass is 32.2. The number of aromatic nitrogens is 1. The third-order valence-corrected chi connectivity index (χ3v) is 6.94. The van der Waals surface area contributed by atoms with E-state index in [2.05, 4.69) is 10.3 Å². The predicted octanol–water partition coefficient (Wildman–Crippen LogP) is 1.40. The van der Waals surface area contributed by atoms with Gasteiger partial charge in [-0.15, -0.1) is 0 Å². The van der Waals surface area contributed by atoms with E-state index < -0.39 is 9.84 Å². The van der Waals surface area contributed by atoms with Crippen LogP contribution < -0.4 is 5.32 Å². The molecule has 26 heavy (non-hydrogen) atoms. The van der Waals surface area contributed by atoms with Crippen molar-refractivity contribution in [1.29, 1.82) is 0 Å². The van der Waals surface area contributed by atoms with E-state index >= 15 is 0 Å². The maximum Gasteiger partial charge on any atom is 0.255 e. The number of amides is 2. The van der Waals surface area contributed by atoms with E-state index in [9.17, 15) is 18.0 Å². The Kier molecular flexibility index (Phi) is 5.60. The molecule has 2 fully saturated rings. The Labute approximate surface area is 154 Å². The van der Waals surface area contributed by atoms with Gasteiger partial charge in [-0.1, -0.05) is 12.8 Å². The first-order valence-corrected chi connectivity index (χ1v) is 11.0. The topological polar surface area (TPSA) is 96.4 Å². The monoisotopic (exact) mass is 379 g/mol. The normalized spacial score (nSPS) is 22.3. The smallest absolute Gasteiger partial charge is 0.255 e. The average molecular weight is 379 g/mol. The minimum atomic E-state index is -3.07. The second-order valence-electron chi connectivity index (χ2n) is 7.07. The molecule has 8 heteroatoms. The van der Waals surface area contributed by atoms with Gasteiger partial charge in [0.15, 0.2) is 9.84 Å². The summed E-state index contributed by atoms with van der Waals surface area (Å²) in [6, 6.07) is 1.43. The highest BCUT2D eigenvalue weighted by Gasteiger charge is 2.34. The van der Waals surface area contributed by atoms with Gasteiger partial charge in [0.05, 0.1) is 22.6 Å². The van der Waals surface area contributed by atoms with Crippen LogP contribution in [0, 0.1) is 0 Å². The molecule has 142 valence electrons. The van der Waals surface area contributed by atoms with Crippen LogP contribution in [0.3, 0.4) is 0 Å². The first-order valence-electron chi connectivity index (χ1n) is 9.17. The van der Waals surface area contributed by atoms with Gasteiger partial charge in [-0.25, -0.2) is 8.42 Å². The summed E-state index contributed by atoms with van der Waals surface area (Å²) in [6.45, 7) is 2.24. The van der Waals surface area contributed by atoms with Crippen LogP contribution in [0.5, 0.6) is 0 Å². The van der Waals surface area contributed by atoms with E-state index in [1.165, 1.54) is 12.4 Å². The first kappa shape index (κ1) is 18.8. The minimum Gasteiger partial charge on any atom is -0.349 e. The molecule has 3 rings (SSSR count). The van der Waals surface area contributed by atoms with Crippen LogP contribution in [0.25, 0.3) is 0 Å². The highest BCUT2D eigenvalue weighted by Crippen LogP contribution is 2.21. The van der Waals surface area contributed by atoms with Crippen molar-refractivity contribution < 1.29 is 18.0 Å². The fourth-order valence-electron chi connectivity index (χ4n) is 3.77. The molecule has 1 aromatic rings. The van der Waals surface area contributed by atoms with Gasteiger partial charge >= 0.3 is 0 Å². The van der Waals surface area contributed by atoms with Gasteiger partial charge in [0.1, 0.15) is 0 Å². The lowest BCUT2D eigenvalue weighted by atomic mass is 10.1. The van der Waals surface area contributed by atoms with Crippen molar-refractivity contribution >= 4 is 21.7 Å². The number of hydrogen-bond acceptors (Lipinski definition) is 5. The lowest BCUT2D eigenvalue weighted by Gasteiger charge is -2.27. The Bertz CT molecular complexity index is 787. The van der Waals surface area contributed by atoms with E-state index in [0.29, 0.717) is 24.1 Å². The van der Waals surface area contributed by atoms with Crippen molar-refractivity contribution in [2.24, 2.45) is 0 Å². The Morgan fingerprint density at radius 2 is 1.88 bits per heavy atom. The molecule has 1 aliphatic heterocycles. The Hall–Kier alpha value is -1.96. The molecule has 0 aromatic carbocycles. The number of nitrogens with one attached hydrogen (secondary N) is 1. The number of hydrogen-bond donors (Lipinski definition) is 1. The number of nitrogens with zero attached hydrogens (tertiary/aromatic N) is 2. The number of rotatable bonds is 5. The van der Waals surface area contributed by atoms with Crippen LogP contribution >= 0.6 is 0 Å². The van der Waals surface area contributed by atoms with Gasteiger partial charge in [-0.05, 0) is 32.3 Å². The fourth-order valence-corrected chi connectivity index (χ4v) is 5.51. The summed E-state index contributed by atoms with van der Waals surface area (Å²) in [6.07, 6.45) is 7.56. The summed E-state index contributed by atoms with van der Waals surface area (Å²) in [5, 5.41) is 2.99. The number of carbonyl (C=O) groups is 2. The van der Waals surface area contributed by atoms with Crippen LogP contribution in [-0.4, -0.2) is 60.3 Å². The van der Waals surface area contributed by atoms with E-state index in [0.717, 1.165) is 25.7 Å². The standard InChI is InChI=1S/C18H25N3O4S/c1-2-21(16-7-8-26(24,25)12-16)18(23)14-9-13(10-19-11-14)17(22)20-15-5-3-4-6-15/h9-11,15-16H,2-8,12H2,1H3,(H,20,22). The summed E-state index contributed by atoms with van der Waals surface area (Å²) >= 11 is 0. The molecule has 1 saturated heterocycles. The number of sulfone groups is 1. The molecule has 1 saturated carbocycles. The van der Waals surface area contributed by atoms with Crippen molar-refractivity contribution in [2.75, 3.05) is 18.1 Å². The molecular formula is C18H25N3O4S. The van der Waals surface area contributed by atoms with Crippen molar-refractivity contribution in [3.63, 3.8) is 0 Å². The maximum atomic E-state index is 12.9. The van der Waals surface area contributed by atoms with E-state index in [1.807, 2.05) is 6.92 Å². The van der Waals surface area contributed by atoms with E-state index in [1.54, 1.807) is 11.0 Å². The van der Waals surface area contributed by atoms with Crippen LogP contribution in [0.4, 0.5) is 0 Å².